The number of aliphatic carboxylic acids is 1. The molecule has 9 heteroatoms. The van der Waals surface area contributed by atoms with E-state index in [0.717, 1.165) is 22.3 Å². The van der Waals surface area contributed by atoms with Crippen LogP contribution in [0.15, 0.2) is 65.3 Å². The van der Waals surface area contributed by atoms with Crippen LogP contribution in [0.4, 0.5) is 10.5 Å². The molecule has 4 rings (SSSR count). The Morgan fingerprint density at radius 1 is 0.941 bits per heavy atom. The fraction of sp³-hybridized carbons (Fsp3) is 0.240. The maximum atomic E-state index is 12.5. The van der Waals surface area contributed by atoms with E-state index >= 15 is 0 Å². The molecule has 1 aliphatic carbocycles. The summed E-state index contributed by atoms with van der Waals surface area (Å²) in [5.74, 6) is -1.64. The molecule has 1 heterocycles. The van der Waals surface area contributed by atoms with Crippen LogP contribution in [0.25, 0.3) is 11.1 Å². The van der Waals surface area contributed by atoms with Crippen molar-refractivity contribution in [2.24, 2.45) is 0 Å². The number of furan rings is 1. The zero-order valence-corrected chi connectivity index (χ0v) is 18.3. The fourth-order valence-corrected chi connectivity index (χ4v) is 3.91. The molecule has 0 spiro atoms. The van der Waals surface area contributed by atoms with E-state index in [4.69, 9.17) is 19.0 Å². The highest BCUT2D eigenvalue weighted by atomic mass is 16.5. The van der Waals surface area contributed by atoms with E-state index in [-0.39, 0.29) is 50.2 Å². The maximum absolute atomic E-state index is 12.5. The number of rotatable bonds is 10. The molecule has 176 valence electrons. The highest BCUT2D eigenvalue weighted by molar-refractivity contribution is 6.00. The Balaban J connectivity index is 1.30. The number of carbonyl (C=O) groups excluding carboxylic acids is 2. The van der Waals surface area contributed by atoms with Gasteiger partial charge in [0.15, 0.2) is 0 Å². The number of nitrogens with one attached hydrogen (secondary N) is 2. The van der Waals surface area contributed by atoms with Gasteiger partial charge in [0.1, 0.15) is 6.61 Å². The molecule has 3 N–H and O–H groups in total. The minimum atomic E-state index is -0.955. The third kappa shape index (κ3) is 5.26. The first-order valence-electron chi connectivity index (χ1n) is 10.8. The lowest BCUT2D eigenvalue weighted by Crippen LogP contribution is -2.28. The Hall–Kier alpha value is -4.11. The Bertz CT molecular complexity index is 1140. The molecule has 0 aliphatic heterocycles. The lowest BCUT2D eigenvalue weighted by atomic mass is 9.98. The van der Waals surface area contributed by atoms with Crippen molar-refractivity contribution in [3.63, 3.8) is 0 Å². The van der Waals surface area contributed by atoms with Crippen molar-refractivity contribution in [3.8, 4) is 11.1 Å². The van der Waals surface area contributed by atoms with Crippen LogP contribution in [-0.4, -0.2) is 49.4 Å². The quantitative estimate of drug-likeness (QED) is 0.389. The lowest BCUT2D eigenvalue weighted by molar-refractivity contribution is -0.138. The van der Waals surface area contributed by atoms with Crippen LogP contribution in [0.2, 0.25) is 0 Å². The van der Waals surface area contributed by atoms with Crippen molar-refractivity contribution >= 4 is 23.7 Å². The average molecular weight is 464 g/mol. The number of hydrogen-bond donors (Lipinski definition) is 3. The summed E-state index contributed by atoms with van der Waals surface area (Å²) < 4.78 is 15.8. The number of carboxylic acid groups (broad SMARTS) is 1. The molecule has 34 heavy (non-hydrogen) atoms. The SMILES string of the molecule is O=C(O)CCOCCNC(=O)c1occc1NC(=O)OCC1c2ccccc2-c2ccccc21. The van der Waals surface area contributed by atoms with Crippen LogP contribution in [0, 0.1) is 0 Å². The van der Waals surface area contributed by atoms with Gasteiger partial charge >= 0.3 is 12.1 Å². The summed E-state index contributed by atoms with van der Waals surface area (Å²) in [6, 6.07) is 17.5. The normalized spacial score (nSPS) is 12.0. The minimum Gasteiger partial charge on any atom is -0.481 e. The van der Waals surface area contributed by atoms with Gasteiger partial charge < -0.3 is 24.3 Å². The molecule has 1 aromatic heterocycles. The van der Waals surface area contributed by atoms with Gasteiger partial charge in [-0.25, -0.2) is 4.79 Å². The Labute approximate surface area is 195 Å². The van der Waals surface area contributed by atoms with E-state index in [0.29, 0.717) is 0 Å². The van der Waals surface area contributed by atoms with Crippen LogP contribution in [0.3, 0.4) is 0 Å². The van der Waals surface area contributed by atoms with Crippen molar-refractivity contribution in [1.82, 2.24) is 5.32 Å². The summed E-state index contributed by atoms with van der Waals surface area (Å²) in [5.41, 5.74) is 4.65. The first-order valence-corrected chi connectivity index (χ1v) is 10.8. The predicted octanol–water partition coefficient (Wildman–Crippen LogP) is 3.86. The van der Waals surface area contributed by atoms with Gasteiger partial charge in [0.25, 0.3) is 5.91 Å². The molecule has 0 radical (unpaired) electrons. The molecule has 9 nitrogen and oxygen atoms in total. The van der Waals surface area contributed by atoms with E-state index in [9.17, 15) is 14.4 Å². The van der Waals surface area contributed by atoms with Gasteiger partial charge in [-0.05, 0) is 22.3 Å². The Morgan fingerprint density at radius 3 is 2.29 bits per heavy atom. The van der Waals surface area contributed by atoms with Gasteiger partial charge in [0.05, 0.1) is 31.6 Å². The molecule has 2 amide bonds. The van der Waals surface area contributed by atoms with Crippen LogP contribution in [0.5, 0.6) is 0 Å². The fourth-order valence-electron chi connectivity index (χ4n) is 3.91. The molecule has 0 unspecified atom stereocenters. The Kier molecular flexibility index (Phi) is 7.24. The smallest absolute Gasteiger partial charge is 0.411 e. The first-order chi connectivity index (χ1) is 16.5. The summed E-state index contributed by atoms with van der Waals surface area (Å²) >= 11 is 0. The van der Waals surface area contributed by atoms with Crippen molar-refractivity contribution in [1.29, 1.82) is 0 Å². The largest absolute Gasteiger partial charge is 0.481 e. The van der Waals surface area contributed by atoms with E-state index in [1.807, 2.05) is 36.4 Å². The second-order valence-electron chi connectivity index (χ2n) is 7.63. The van der Waals surface area contributed by atoms with Crippen LogP contribution in [-0.2, 0) is 14.3 Å². The van der Waals surface area contributed by atoms with E-state index in [1.54, 1.807) is 0 Å². The third-order valence-electron chi connectivity index (χ3n) is 5.44. The summed E-state index contributed by atoms with van der Waals surface area (Å²) in [6.45, 7) is 0.506. The van der Waals surface area contributed by atoms with Gasteiger partial charge in [-0.3, -0.25) is 14.9 Å². The number of anilines is 1. The Morgan fingerprint density at radius 2 is 1.62 bits per heavy atom. The molecular formula is C25H24N2O7. The molecule has 0 saturated carbocycles. The third-order valence-corrected chi connectivity index (χ3v) is 5.44. The molecule has 3 aromatic rings. The van der Waals surface area contributed by atoms with Crippen molar-refractivity contribution in [2.75, 3.05) is 31.7 Å². The number of ether oxygens (including phenoxy) is 2. The summed E-state index contributed by atoms with van der Waals surface area (Å²) in [5, 5.41) is 13.7. The maximum Gasteiger partial charge on any atom is 0.411 e. The van der Waals surface area contributed by atoms with Crippen LogP contribution < -0.4 is 10.6 Å². The summed E-state index contributed by atoms with van der Waals surface area (Å²) in [7, 11) is 0. The summed E-state index contributed by atoms with van der Waals surface area (Å²) in [4.78, 5) is 35.3. The minimum absolute atomic E-state index is 0.0561. The topological polar surface area (TPSA) is 127 Å². The molecule has 1 aliphatic rings. The number of hydrogen-bond acceptors (Lipinski definition) is 6. The van der Waals surface area contributed by atoms with Crippen molar-refractivity contribution in [3.05, 3.63) is 77.7 Å². The highest BCUT2D eigenvalue weighted by Crippen LogP contribution is 2.44. The predicted molar refractivity (Wildman–Crippen MR) is 123 cm³/mol. The number of fused-ring (bicyclic) bond motifs is 3. The van der Waals surface area contributed by atoms with Gasteiger partial charge in [-0.2, -0.15) is 0 Å². The monoisotopic (exact) mass is 464 g/mol. The molecule has 0 bridgehead atoms. The van der Waals surface area contributed by atoms with E-state index < -0.39 is 18.0 Å². The van der Waals surface area contributed by atoms with Crippen LogP contribution in [0.1, 0.15) is 34.0 Å². The van der Waals surface area contributed by atoms with Gasteiger partial charge in [-0.1, -0.05) is 48.5 Å². The number of carbonyl (C=O) groups is 3. The summed E-state index contributed by atoms with van der Waals surface area (Å²) in [6.07, 6.45) is 0.479. The highest BCUT2D eigenvalue weighted by Gasteiger charge is 2.29. The standard InChI is InChI=1S/C25H24N2O7/c28-22(29)10-12-32-14-11-26-24(30)23-21(9-13-33-23)27-25(31)34-15-20-18-7-3-1-5-16(18)17-6-2-4-8-19(17)20/h1-9,13,20H,10-12,14-15H2,(H,26,30)(H,27,31)(H,28,29). The lowest BCUT2D eigenvalue weighted by Gasteiger charge is -2.14. The molecule has 0 fully saturated rings. The second-order valence-corrected chi connectivity index (χ2v) is 7.63. The second kappa shape index (κ2) is 10.7. The van der Waals surface area contributed by atoms with Gasteiger partial charge in [-0.15, -0.1) is 0 Å². The van der Waals surface area contributed by atoms with E-state index in [1.165, 1.54) is 12.3 Å². The first kappa shape index (κ1) is 23.1. The average Bonchev–Trinajstić information content (AvgIpc) is 3.42. The van der Waals surface area contributed by atoms with Crippen molar-refractivity contribution in [2.45, 2.75) is 12.3 Å². The van der Waals surface area contributed by atoms with Gasteiger partial charge in [0, 0.05) is 18.5 Å². The molecular weight excluding hydrogens is 440 g/mol. The zero-order valence-electron chi connectivity index (χ0n) is 18.3. The van der Waals surface area contributed by atoms with Crippen molar-refractivity contribution < 1.29 is 33.4 Å². The molecule has 2 aromatic carbocycles. The number of amides is 2. The zero-order chi connectivity index (χ0) is 23.9. The van der Waals surface area contributed by atoms with Gasteiger partial charge in [0.2, 0.25) is 5.76 Å². The number of benzene rings is 2. The molecule has 0 atom stereocenters. The molecule has 0 saturated heterocycles. The van der Waals surface area contributed by atoms with E-state index in [2.05, 4.69) is 22.8 Å². The van der Waals surface area contributed by atoms with Crippen LogP contribution >= 0.6 is 0 Å². The number of carboxylic acids is 1.